The average molecular weight is 219 g/mol. The fraction of sp³-hybridized carbons (Fsp3) is 0.500. The van der Waals surface area contributed by atoms with Crippen LogP contribution in [-0.2, 0) is 11.3 Å². The maximum atomic E-state index is 11.8. The number of carbonyl (C=O) groups excluding carboxylic acids is 1. The summed E-state index contributed by atoms with van der Waals surface area (Å²) < 4.78 is 0. The van der Waals surface area contributed by atoms with E-state index in [0.717, 1.165) is 18.7 Å². The molecule has 0 bridgehead atoms. The molecule has 1 aromatic heterocycles. The minimum absolute atomic E-state index is 0.100. The predicted octanol–water partition coefficient (Wildman–Crippen LogP) is 0.553. The van der Waals surface area contributed by atoms with Crippen molar-refractivity contribution >= 4 is 5.91 Å². The van der Waals surface area contributed by atoms with E-state index in [-0.39, 0.29) is 11.8 Å². The molecular weight excluding hydrogens is 202 g/mol. The molecule has 0 aromatic carbocycles. The minimum Gasteiger partial charge on any atom is -0.352 e. The highest BCUT2D eigenvalue weighted by Crippen LogP contribution is 2.15. The first-order valence-electron chi connectivity index (χ1n) is 5.64. The molecule has 0 saturated carbocycles. The number of carbonyl (C=O) groups is 1. The number of hydrogen-bond donors (Lipinski definition) is 2. The van der Waals surface area contributed by atoms with Crippen LogP contribution in [0, 0.1) is 11.8 Å². The summed E-state index contributed by atoms with van der Waals surface area (Å²) in [6.45, 7) is 4.51. The van der Waals surface area contributed by atoms with Crippen molar-refractivity contribution in [1.29, 1.82) is 0 Å². The van der Waals surface area contributed by atoms with Crippen LogP contribution >= 0.6 is 0 Å². The third kappa shape index (κ3) is 2.58. The van der Waals surface area contributed by atoms with Gasteiger partial charge in [-0.1, -0.05) is 6.92 Å². The first kappa shape index (κ1) is 11.1. The van der Waals surface area contributed by atoms with Crippen molar-refractivity contribution in [3.8, 4) is 0 Å². The summed E-state index contributed by atoms with van der Waals surface area (Å²) in [5.41, 5.74) is 1.09. The fourth-order valence-corrected chi connectivity index (χ4v) is 1.73. The highest BCUT2D eigenvalue weighted by atomic mass is 16.1. The van der Waals surface area contributed by atoms with Gasteiger partial charge in [-0.3, -0.25) is 9.78 Å². The molecule has 0 radical (unpaired) electrons. The molecule has 16 heavy (non-hydrogen) atoms. The Hall–Kier alpha value is -1.42. The van der Waals surface area contributed by atoms with Crippen LogP contribution in [0.25, 0.3) is 0 Å². The number of aromatic nitrogens is 1. The zero-order chi connectivity index (χ0) is 11.4. The Morgan fingerprint density at radius 3 is 2.81 bits per heavy atom. The molecular formula is C12H17N3O. The number of hydrogen-bond acceptors (Lipinski definition) is 3. The highest BCUT2D eigenvalue weighted by Gasteiger charge is 2.28. The molecule has 4 heteroatoms. The molecule has 1 unspecified atom stereocenters. The van der Waals surface area contributed by atoms with Crippen LogP contribution in [0.3, 0.4) is 0 Å². The Morgan fingerprint density at radius 1 is 1.56 bits per heavy atom. The number of nitrogens with zero attached hydrogens (tertiary/aromatic N) is 1. The Kier molecular flexibility index (Phi) is 3.51. The van der Waals surface area contributed by atoms with Crippen molar-refractivity contribution in [1.82, 2.24) is 15.6 Å². The molecule has 2 heterocycles. The van der Waals surface area contributed by atoms with Gasteiger partial charge in [0.25, 0.3) is 0 Å². The van der Waals surface area contributed by atoms with E-state index in [1.54, 1.807) is 12.4 Å². The van der Waals surface area contributed by atoms with E-state index in [2.05, 4.69) is 15.6 Å². The van der Waals surface area contributed by atoms with Gasteiger partial charge in [-0.15, -0.1) is 0 Å². The van der Waals surface area contributed by atoms with Crippen LogP contribution in [0.5, 0.6) is 0 Å². The van der Waals surface area contributed by atoms with Crippen molar-refractivity contribution in [3.63, 3.8) is 0 Å². The van der Waals surface area contributed by atoms with Crippen LogP contribution in [0.4, 0.5) is 0 Å². The van der Waals surface area contributed by atoms with Gasteiger partial charge in [0.15, 0.2) is 0 Å². The Morgan fingerprint density at radius 2 is 2.25 bits per heavy atom. The molecule has 2 N–H and O–H groups in total. The summed E-state index contributed by atoms with van der Waals surface area (Å²) in [6, 6.07) is 3.83. The zero-order valence-electron chi connectivity index (χ0n) is 9.44. The molecule has 1 aliphatic heterocycles. The second kappa shape index (κ2) is 5.07. The smallest absolute Gasteiger partial charge is 0.223 e. The minimum atomic E-state index is 0.100. The molecule has 1 amide bonds. The molecule has 4 nitrogen and oxygen atoms in total. The Balaban J connectivity index is 1.79. The molecule has 1 fully saturated rings. The van der Waals surface area contributed by atoms with E-state index in [4.69, 9.17) is 0 Å². The number of amides is 1. The van der Waals surface area contributed by atoms with Gasteiger partial charge in [-0.25, -0.2) is 0 Å². The SMILES string of the molecule is CC(C(=O)NCc1ccncc1)C1CNC1. The van der Waals surface area contributed by atoms with Crippen molar-refractivity contribution in [2.24, 2.45) is 11.8 Å². The lowest BCUT2D eigenvalue weighted by molar-refractivity contribution is -0.126. The van der Waals surface area contributed by atoms with E-state index >= 15 is 0 Å². The van der Waals surface area contributed by atoms with Crippen molar-refractivity contribution < 1.29 is 4.79 Å². The van der Waals surface area contributed by atoms with Gasteiger partial charge < -0.3 is 10.6 Å². The monoisotopic (exact) mass is 219 g/mol. The zero-order valence-corrected chi connectivity index (χ0v) is 9.44. The Labute approximate surface area is 95.5 Å². The lowest BCUT2D eigenvalue weighted by Gasteiger charge is -2.31. The second-order valence-corrected chi connectivity index (χ2v) is 4.28. The molecule has 1 saturated heterocycles. The summed E-state index contributed by atoms with van der Waals surface area (Å²) >= 11 is 0. The van der Waals surface area contributed by atoms with E-state index in [9.17, 15) is 4.79 Å². The quantitative estimate of drug-likeness (QED) is 0.777. The molecule has 0 aliphatic carbocycles. The molecule has 1 aromatic rings. The van der Waals surface area contributed by atoms with Gasteiger partial charge in [-0.2, -0.15) is 0 Å². The highest BCUT2D eigenvalue weighted by molar-refractivity contribution is 5.78. The summed E-state index contributed by atoms with van der Waals surface area (Å²) in [4.78, 5) is 15.7. The third-order valence-electron chi connectivity index (χ3n) is 3.15. The first-order valence-corrected chi connectivity index (χ1v) is 5.64. The second-order valence-electron chi connectivity index (χ2n) is 4.28. The largest absolute Gasteiger partial charge is 0.352 e. The van der Waals surface area contributed by atoms with E-state index < -0.39 is 0 Å². The van der Waals surface area contributed by atoms with Gasteiger partial charge in [0, 0.05) is 24.9 Å². The Bertz CT molecular complexity index is 349. The summed E-state index contributed by atoms with van der Waals surface area (Å²) in [5.74, 6) is 0.740. The van der Waals surface area contributed by atoms with Crippen LogP contribution in [0.1, 0.15) is 12.5 Å². The number of pyridine rings is 1. The van der Waals surface area contributed by atoms with E-state index in [0.29, 0.717) is 12.5 Å². The van der Waals surface area contributed by atoms with Gasteiger partial charge in [0.1, 0.15) is 0 Å². The van der Waals surface area contributed by atoms with Crippen molar-refractivity contribution in [2.75, 3.05) is 13.1 Å². The van der Waals surface area contributed by atoms with Crippen LogP contribution < -0.4 is 10.6 Å². The third-order valence-corrected chi connectivity index (χ3v) is 3.15. The van der Waals surface area contributed by atoms with E-state index in [1.807, 2.05) is 19.1 Å². The fourth-order valence-electron chi connectivity index (χ4n) is 1.73. The molecule has 2 rings (SSSR count). The number of nitrogens with one attached hydrogen (secondary N) is 2. The molecule has 1 aliphatic rings. The maximum Gasteiger partial charge on any atom is 0.223 e. The van der Waals surface area contributed by atoms with Gasteiger partial charge >= 0.3 is 0 Å². The number of rotatable bonds is 4. The van der Waals surface area contributed by atoms with Crippen LogP contribution in [0.2, 0.25) is 0 Å². The maximum absolute atomic E-state index is 11.8. The normalized spacial score (nSPS) is 17.6. The van der Waals surface area contributed by atoms with Crippen LogP contribution in [-0.4, -0.2) is 24.0 Å². The van der Waals surface area contributed by atoms with Crippen molar-refractivity contribution in [2.45, 2.75) is 13.5 Å². The van der Waals surface area contributed by atoms with Gasteiger partial charge in [0.2, 0.25) is 5.91 Å². The summed E-state index contributed by atoms with van der Waals surface area (Å²) in [5, 5.41) is 6.14. The summed E-state index contributed by atoms with van der Waals surface area (Å²) in [6.07, 6.45) is 3.47. The summed E-state index contributed by atoms with van der Waals surface area (Å²) in [7, 11) is 0. The molecule has 86 valence electrons. The standard InChI is InChI=1S/C12H17N3O/c1-9(11-7-14-8-11)12(16)15-6-10-2-4-13-5-3-10/h2-5,9,11,14H,6-8H2,1H3,(H,15,16). The van der Waals surface area contributed by atoms with Crippen molar-refractivity contribution in [3.05, 3.63) is 30.1 Å². The predicted molar refractivity (Wildman–Crippen MR) is 61.6 cm³/mol. The van der Waals surface area contributed by atoms with Crippen LogP contribution in [0.15, 0.2) is 24.5 Å². The topological polar surface area (TPSA) is 54.0 Å². The van der Waals surface area contributed by atoms with Gasteiger partial charge in [0.05, 0.1) is 0 Å². The average Bonchev–Trinajstić information content (AvgIpc) is 2.25. The molecule has 0 spiro atoms. The van der Waals surface area contributed by atoms with E-state index in [1.165, 1.54) is 0 Å². The first-order chi connectivity index (χ1) is 7.77. The lowest BCUT2D eigenvalue weighted by Crippen LogP contribution is -2.49. The molecule has 1 atom stereocenters. The van der Waals surface area contributed by atoms with Gasteiger partial charge in [-0.05, 0) is 36.7 Å². The lowest BCUT2D eigenvalue weighted by atomic mass is 9.88.